The van der Waals surface area contributed by atoms with Gasteiger partial charge in [-0.15, -0.1) is 0 Å². The van der Waals surface area contributed by atoms with Crippen LogP contribution in [0.4, 0.5) is 0 Å². The van der Waals surface area contributed by atoms with Gasteiger partial charge in [0.05, 0.1) is 25.9 Å². The van der Waals surface area contributed by atoms with E-state index in [4.69, 9.17) is 30.5 Å². The fourth-order valence-electron chi connectivity index (χ4n) is 4.53. The summed E-state index contributed by atoms with van der Waals surface area (Å²) in [7, 11) is 0. The highest BCUT2D eigenvalue weighted by Gasteiger charge is 2.67. The van der Waals surface area contributed by atoms with E-state index in [1.54, 1.807) is 18.2 Å². The van der Waals surface area contributed by atoms with Gasteiger partial charge in [0.25, 0.3) is 0 Å². The lowest BCUT2D eigenvalue weighted by atomic mass is 9.83. The summed E-state index contributed by atoms with van der Waals surface area (Å²) in [6.07, 6.45) is -1.41. The molecule has 1 aliphatic carbocycles. The van der Waals surface area contributed by atoms with Gasteiger partial charge in [-0.1, -0.05) is 29.8 Å². The number of halogens is 1. The van der Waals surface area contributed by atoms with Crippen LogP contribution in [0, 0.1) is 0 Å². The average molecular weight is 493 g/mol. The molecule has 2 aliphatic heterocycles. The lowest BCUT2D eigenvalue weighted by molar-refractivity contribution is -0.329. The van der Waals surface area contributed by atoms with Crippen LogP contribution < -0.4 is 4.74 Å². The van der Waals surface area contributed by atoms with E-state index in [9.17, 15) is 20.4 Å². The first kappa shape index (κ1) is 24.0. The van der Waals surface area contributed by atoms with Crippen LogP contribution in [0.5, 0.6) is 5.75 Å². The number of hydrogen-bond acceptors (Lipinski definition) is 8. The van der Waals surface area contributed by atoms with Crippen molar-refractivity contribution in [2.24, 2.45) is 0 Å². The van der Waals surface area contributed by atoms with Gasteiger partial charge >= 0.3 is 0 Å². The van der Waals surface area contributed by atoms with Crippen LogP contribution in [-0.4, -0.2) is 76.9 Å². The van der Waals surface area contributed by atoms with E-state index < -0.39 is 36.3 Å². The summed E-state index contributed by atoms with van der Waals surface area (Å²) < 4.78 is 23.0. The van der Waals surface area contributed by atoms with E-state index in [1.807, 2.05) is 24.3 Å². The molecule has 34 heavy (non-hydrogen) atoms. The largest absolute Gasteiger partial charge is 0.491 e. The Morgan fingerprint density at radius 3 is 2.47 bits per heavy atom. The summed E-state index contributed by atoms with van der Waals surface area (Å²) >= 11 is 6.46. The van der Waals surface area contributed by atoms with Gasteiger partial charge in [-0.2, -0.15) is 0 Å². The number of benzene rings is 2. The molecule has 5 rings (SSSR count). The van der Waals surface area contributed by atoms with Crippen molar-refractivity contribution in [3.63, 3.8) is 0 Å². The van der Waals surface area contributed by atoms with Gasteiger partial charge in [-0.25, -0.2) is 0 Å². The zero-order valence-electron chi connectivity index (χ0n) is 18.6. The number of rotatable bonds is 9. The van der Waals surface area contributed by atoms with Gasteiger partial charge < -0.3 is 39.4 Å². The van der Waals surface area contributed by atoms with E-state index >= 15 is 0 Å². The SMILES string of the molecule is OCC12CO[C@](c3ccc(Cl)c(Cc4ccc(OCCOC5CC5)cc4)c3)(O1)[C@H](O)[C@@H](O)[C@@H]2O. The lowest BCUT2D eigenvalue weighted by Crippen LogP contribution is -2.65. The number of ether oxygens (including phenoxy) is 4. The van der Waals surface area contributed by atoms with E-state index in [-0.39, 0.29) is 6.61 Å². The predicted octanol–water partition coefficient (Wildman–Crippen LogP) is 1.52. The molecule has 0 amide bonds. The maximum absolute atomic E-state index is 10.8. The lowest BCUT2D eigenvalue weighted by Gasteiger charge is -2.46. The molecule has 0 spiro atoms. The van der Waals surface area contributed by atoms with Crippen molar-refractivity contribution < 1.29 is 39.4 Å². The number of hydrogen-bond donors (Lipinski definition) is 4. The van der Waals surface area contributed by atoms with Crippen LogP contribution in [-0.2, 0) is 26.4 Å². The van der Waals surface area contributed by atoms with E-state index in [2.05, 4.69) is 0 Å². The highest BCUT2D eigenvalue weighted by atomic mass is 35.5. The molecular formula is C25H29ClO8. The monoisotopic (exact) mass is 492 g/mol. The number of aliphatic hydroxyl groups excluding tert-OH is 4. The molecule has 2 saturated heterocycles. The van der Waals surface area contributed by atoms with Crippen molar-refractivity contribution in [2.75, 3.05) is 26.4 Å². The Hall–Kier alpha value is -1.75. The Morgan fingerprint density at radius 1 is 1.00 bits per heavy atom. The first-order valence-electron chi connectivity index (χ1n) is 11.5. The van der Waals surface area contributed by atoms with Gasteiger partial charge in [-0.3, -0.25) is 0 Å². The first-order valence-corrected chi connectivity index (χ1v) is 11.9. The zero-order chi connectivity index (χ0) is 23.9. The smallest absolute Gasteiger partial charge is 0.225 e. The maximum Gasteiger partial charge on any atom is 0.225 e. The Bertz CT molecular complexity index is 1010. The fraction of sp³-hybridized carbons (Fsp3) is 0.520. The van der Waals surface area contributed by atoms with Crippen LogP contribution in [0.1, 0.15) is 29.5 Å². The second kappa shape index (κ2) is 9.37. The summed E-state index contributed by atoms with van der Waals surface area (Å²) in [6.45, 7) is 0.338. The van der Waals surface area contributed by atoms with E-state index in [0.29, 0.717) is 36.3 Å². The molecule has 2 aromatic rings. The van der Waals surface area contributed by atoms with E-state index in [1.165, 1.54) is 0 Å². The number of fused-ring (bicyclic) bond motifs is 2. The first-order chi connectivity index (χ1) is 16.4. The standard InChI is InChI=1S/C25H29ClO8/c26-20-8-3-17(25-23(30)21(28)22(29)24(13-27,34-25)14-33-25)12-16(20)11-15-1-4-18(5-2-15)31-9-10-32-19-6-7-19/h1-5,8,12,19,21-23,27-30H,6-7,9-11,13-14H2/t21-,22-,23+,24?,25+/m0/s1. The van der Waals surface area contributed by atoms with Crippen molar-refractivity contribution in [1.82, 2.24) is 0 Å². The predicted molar refractivity (Wildman–Crippen MR) is 122 cm³/mol. The summed E-state index contributed by atoms with van der Waals surface area (Å²) in [5, 5.41) is 41.9. The minimum atomic E-state index is -1.72. The molecule has 8 nitrogen and oxygen atoms in total. The molecule has 184 valence electrons. The van der Waals surface area contributed by atoms with Crippen LogP contribution in [0.15, 0.2) is 42.5 Å². The molecule has 2 heterocycles. The Morgan fingerprint density at radius 2 is 1.76 bits per heavy atom. The summed E-state index contributed by atoms with van der Waals surface area (Å²) in [5.74, 6) is -0.964. The highest BCUT2D eigenvalue weighted by Crippen LogP contribution is 2.49. The Kier molecular flexibility index (Phi) is 6.60. The summed E-state index contributed by atoms with van der Waals surface area (Å²) in [6, 6.07) is 12.8. The molecule has 2 aromatic carbocycles. The minimum absolute atomic E-state index is 0.177. The van der Waals surface area contributed by atoms with Crippen LogP contribution in [0.2, 0.25) is 5.02 Å². The van der Waals surface area contributed by atoms with Gasteiger partial charge in [0, 0.05) is 10.6 Å². The molecule has 0 aromatic heterocycles. The molecule has 1 saturated carbocycles. The fourth-order valence-corrected chi connectivity index (χ4v) is 4.72. The van der Waals surface area contributed by atoms with Crippen LogP contribution in [0.25, 0.3) is 0 Å². The van der Waals surface area contributed by atoms with Crippen molar-refractivity contribution in [2.45, 2.75) is 55.1 Å². The maximum atomic E-state index is 10.8. The van der Waals surface area contributed by atoms with Crippen LogP contribution in [0.3, 0.4) is 0 Å². The number of aliphatic hydroxyl groups is 4. The summed E-state index contributed by atoms with van der Waals surface area (Å²) in [5.41, 5.74) is 0.686. The summed E-state index contributed by atoms with van der Waals surface area (Å²) in [4.78, 5) is 0. The minimum Gasteiger partial charge on any atom is -0.491 e. The Balaban J connectivity index is 1.31. The zero-order valence-corrected chi connectivity index (χ0v) is 19.4. The third-order valence-electron chi connectivity index (χ3n) is 6.72. The molecule has 0 radical (unpaired) electrons. The highest BCUT2D eigenvalue weighted by molar-refractivity contribution is 6.31. The molecule has 2 bridgehead atoms. The molecule has 3 aliphatic rings. The second-order valence-corrected chi connectivity index (χ2v) is 9.61. The quantitative estimate of drug-likeness (QED) is 0.389. The van der Waals surface area contributed by atoms with Crippen molar-refractivity contribution in [1.29, 1.82) is 0 Å². The van der Waals surface area contributed by atoms with Crippen LogP contribution >= 0.6 is 11.6 Å². The van der Waals surface area contributed by atoms with Crippen molar-refractivity contribution in [3.8, 4) is 5.75 Å². The molecule has 4 N–H and O–H groups in total. The van der Waals surface area contributed by atoms with Gasteiger partial charge in [0.15, 0.2) is 0 Å². The molecule has 1 unspecified atom stereocenters. The van der Waals surface area contributed by atoms with Gasteiger partial charge in [0.1, 0.15) is 36.3 Å². The molecule has 9 heteroatoms. The third kappa shape index (κ3) is 4.34. The Labute approximate surface area is 202 Å². The molecular weight excluding hydrogens is 464 g/mol. The topological polar surface area (TPSA) is 118 Å². The average Bonchev–Trinajstić information content (AvgIpc) is 3.60. The van der Waals surface area contributed by atoms with E-state index in [0.717, 1.165) is 29.7 Å². The molecule has 3 fully saturated rings. The van der Waals surface area contributed by atoms with Crippen molar-refractivity contribution in [3.05, 3.63) is 64.2 Å². The third-order valence-corrected chi connectivity index (χ3v) is 7.09. The second-order valence-electron chi connectivity index (χ2n) is 9.21. The normalized spacial score (nSPS) is 32.7. The van der Waals surface area contributed by atoms with Gasteiger partial charge in [0.2, 0.25) is 5.79 Å². The van der Waals surface area contributed by atoms with Gasteiger partial charge in [-0.05, 0) is 54.7 Å². The molecule has 5 atom stereocenters. The van der Waals surface area contributed by atoms with Crippen molar-refractivity contribution >= 4 is 11.6 Å².